The highest BCUT2D eigenvalue weighted by Gasteiger charge is 2.66. The van der Waals surface area contributed by atoms with Crippen LogP contribution in [0.1, 0.15) is 86.5 Å². The monoisotopic (exact) mass is 1010 g/mol. The molecule has 0 aliphatic heterocycles. The van der Waals surface area contributed by atoms with Crippen LogP contribution in [0.5, 0.6) is 0 Å². The molecule has 6 rings (SSSR count). The van der Waals surface area contributed by atoms with Crippen LogP contribution in [0.15, 0.2) is 67.9 Å². The van der Waals surface area contributed by atoms with Crippen LogP contribution in [0.25, 0.3) is 0 Å². The van der Waals surface area contributed by atoms with Gasteiger partial charge < -0.3 is 58.7 Å². The molecule has 2 spiro atoms. The van der Waals surface area contributed by atoms with Gasteiger partial charge in [0.15, 0.2) is 17.5 Å². The normalized spacial score (nSPS) is 24.3. The molecule has 6 aliphatic rings. The topological polar surface area (TPSA) is 345 Å². The molecule has 20 nitrogen and oxygen atoms in total. The molecule has 6 atom stereocenters. The Hall–Kier alpha value is -5.55. The molecule has 380 valence electrons. The highest BCUT2D eigenvalue weighted by molar-refractivity contribution is 7.99. The second-order valence-electron chi connectivity index (χ2n) is 19.5. The minimum atomic E-state index is -1.57. The van der Waals surface area contributed by atoms with Gasteiger partial charge in [-0.3, -0.25) is 39.0 Å². The van der Waals surface area contributed by atoms with Gasteiger partial charge in [0.1, 0.15) is 29.3 Å². The summed E-state index contributed by atoms with van der Waals surface area (Å²) < 4.78 is 0. The Morgan fingerprint density at radius 2 is 1.27 bits per heavy atom. The zero-order chi connectivity index (χ0) is 51.8. The van der Waals surface area contributed by atoms with Crippen LogP contribution in [-0.4, -0.2) is 141 Å². The molecular formula is C48H65N9O11S2. The molecule has 0 bridgehead atoms. The lowest BCUT2D eigenvalue weighted by Crippen LogP contribution is -2.56. The summed E-state index contributed by atoms with van der Waals surface area (Å²) in [5.41, 5.74) is 14.0. The number of carboxylic acids is 1. The van der Waals surface area contributed by atoms with Crippen LogP contribution in [0.4, 0.5) is 0 Å². The van der Waals surface area contributed by atoms with E-state index in [-0.39, 0.29) is 55.0 Å². The second kappa shape index (κ2) is 20.7. The number of Topliss-reactive ketones (excluding diaryl/α,β-unsaturated/α-hetero) is 2. The zero-order valence-electron chi connectivity index (χ0n) is 40.3. The number of aliphatic carboxylic acids is 1. The molecule has 5 amide bonds. The maximum Gasteiger partial charge on any atom is 0.327 e. The number of nitrogens with one attached hydrogen (secondary N) is 7. The summed E-state index contributed by atoms with van der Waals surface area (Å²) in [5, 5.41) is 55.2. The van der Waals surface area contributed by atoms with Crippen molar-refractivity contribution in [3.8, 4) is 0 Å². The van der Waals surface area contributed by atoms with Crippen LogP contribution < -0.4 is 43.4 Å². The van der Waals surface area contributed by atoms with Gasteiger partial charge in [0, 0.05) is 52.3 Å². The molecule has 0 aromatic carbocycles. The number of carbonyl (C=O) groups excluding carboxylic acids is 7. The maximum absolute atomic E-state index is 14.4. The highest BCUT2D eigenvalue weighted by Crippen LogP contribution is 2.66. The molecular weight excluding hydrogens is 943 g/mol. The molecule has 0 aromatic rings. The first-order valence-electron chi connectivity index (χ1n) is 23.3. The number of thiol groups is 1. The van der Waals surface area contributed by atoms with Gasteiger partial charge in [-0.15, -0.1) is 0 Å². The van der Waals surface area contributed by atoms with Crippen LogP contribution in [0.3, 0.4) is 0 Å². The Kier molecular flexibility index (Phi) is 15.9. The molecule has 70 heavy (non-hydrogen) atoms. The third kappa shape index (κ3) is 10.3. The number of primary amides is 1. The fourth-order valence-electron chi connectivity index (χ4n) is 10.4. The average Bonchev–Trinajstić information content (AvgIpc) is 4.22. The fraction of sp³-hybridized carbons (Fsp3) is 0.562. The van der Waals surface area contributed by atoms with Gasteiger partial charge in [0.2, 0.25) is 29.5 Å². The summed E-state index contributed by atoms with van der Waals surface area (Å²) in [6, 6.07) is -5.26. The zero-order valence-corrected chi connectivity index (χ0v) is 42.0. The van der Waals surface area contributed by atoms with E-state index in [4.69, 9.17) is 16.9 Å². The standard InChI is InChI=1S/C48H65N9O11S2/c1-22-14-26-36(24(3)47(9-10-47)45(5,67)38(26)60)28(22)17-53-33(21-70-20-29-23(2)15-27-37(29)25(4)48(11-12-48)46(6,68)39(27)61)42(64)56-31(16-34(49)58)40(62)54-18-35(59)55-30(8-7-13-52-44(50)51)41(63)57-32(19-69)43(65)66/h14-15,30-33,53,67-69H,7-13,16-21H2,1-6H3,(H2,49,58)(H,54,62)(H,55,59)(H,56,64)(H,57,63)(H,65,66)(H4,50,51,52)/t30-,31-,32?,33?,45-,46-/m0/s1. The predicted octanol–water partition coefficient (Wildman–Crippen LogP) is -0.225. The van der Waals surface area contributed by atoms with E-state index >= 15 is 0 Å². The third-order valence-corrected chi connectivity index (χ3v) is 16.4. The number of guanidine groups is 1. The number of carbonyl (C=O) groups is 8. The summed E-state index contributed by atoms with van der Waals surface area (Å²) in [4.78, 5) is 106. The number of fused-ring (bicyclic) bond motifs is 2. The van der Waals surface area contributed by atoms with Gasteiger partial charge in [0.25, 0.3) is 0 Å². The number of aliphatic hydroxyl groups is 2. The fourth-order valence-corrected chi connectivity index (χ4v) is 11.9. The van der Waals surface area contributed by atoms with Gasteiger partial charge in [-0.1, -0.05) is 11.1 Å². The molecule has 0 saturated heterocycles. The van der Waals surface area contributed by atoms with Gasteiger partial charge >= 0.3 is 5.97 Å². The van der Waals surface area contributed by atoms with Crippen molar-refractivity contribution in [1.82, 2.24) is 31.9 Å². The molecule has 0 radical (unpaired) electrons. The largest absolute Gasteiger partial charge is 0.480 e. The van der Waals surface area contributed by atoms with Crippen molar-refractivity contribution in [3.63, 3.8) is 0 Å². The van der Waals surface area contributed by atoms with Crippen molar-refractivity contribution in [3.05, 3.63) is 67.9 Å². The van der Waals surface area contributed by atoms with Crippen LogP contribution in [-0.2, 0) is 38.4 Å². The number of nitrogens with two attached hydrogens (primary N) is 2. The Morgan fingerprint density at radius 1 is 0.757 bits per heavy atom. The summed E-state index contributed by atoms with van der Waals surface area (Å²) in [7, 11) is 0. The van der Waals surface area contributed by atoms with Crippen LogP contribution >= 0.6 is 24.4 Å². The lowest BCUT2D eigenvalue weighted by atomic mass is 9.67. The lowest BCUT2D eigenvalue weighted by molar-refractivity contribution is -0.141. The SMILES string of the molecule is CC1=C(CNC(CSCC2=C(C)C=C3C(=O)[C@](C)(O)C4(CC4)C(C)=C32)C(=O)N[C@@H](CC(N)=O)C(=O)NCC(=O)N[C@@H](CCCNC(=N)N)C(=O)NC(CS)C(=O)O)C2=C(C)C3(CC3)[C@@](C)(O)C(=O)C2=C1. The first kappa shape index (κ1) is 53.8. The summed E-state index contributed by atoms with van der Waals surface area (Å²) >= 11 is 5.35. The van der Waals surface area contributed by atoms with Crippen molar-refractivity contribution in [2.45, 2.75) is 122 Å². The average molecular weight is 1010 g/mol. The van der Waals surface area contributed by atoms with E-state index in [1.165, 1.54) is 11.8 Å². The summed E-state index contributed by atoms with van der Waals surface area (Å²) in [6.07, 6.45) is 5.73. The van der Waals surface area contributed by atoms with E-state index in [1.54, 1.807) is 26.0 Å². The number of ketones is 2. The molecule has 2 saturated carbocycles. The Bertz CT molecular complexity index is 2510. The van der Waals surface area contributed by atoms with Gasteiger partial charge in [-0.05, 0) is 126 Å². The van der Waals surface area contributed by atoms with E-state index in [2.05, 4.69) is 44.5 Å². The smallest absolute Gasteiger partial charge is 0.327 e. The van der Waals surface area contributed by atoms with Crippen LogP contribution in [0, 0.1) is 16.2 Å². The molecule has 22 heteroatoms. The first-order valence-corrected chi connectivity index (χ1v) is 25.0. The lowest BCUT2D eigenvalue weighted by Gasteiger charge is -2.39. The Morgan fingerprint density at radius 3 is 1.77 bits per heavy atom. The number of thioether (sulfide) groups is 1. The van der Waals surface area contributed by atoms with E-state index < -0.39 is 94.7 Å². The third-order valence-electron chi connectivity index (χ3n) is 15.0. The van der Waals surface area contributed by atoms with E-state index in [0.29, 0.717) is 42.6 Å². The number of rotatable bonds is 23. The predicted molar refractivity (Wildman–Crippen MR) is 264 cm³/mol. The molecule has 2 unspecified atom stereocenters. The maximum atomic E-state index is 14.4. The molecule has 14 N–H and O–H groups in total. The molecule has 6 aliphatic carbocycles. The van der Waals surface area contributed by atoms with Crippen molar-refractivity contribution < 1.29 is 53.7 Å². The Balaban J connectivity index is 1.18. The summed E-state index contributed by atoms with van der Waals surface area (Å²) in [5.74, 6) is -6.43. The van der Waals surface area contributed by atoms with Gasteiger partial charge in [-0.25, -0.2) is 4.79 Å². The molecule has 0 aromatic heterocycles. The summed E-state index contributed by atoms with van der Waals surface area (Å²) in [6.45, 7) is 10.3. The van der Waals surface area contributed by atoms with Gasteiger partial charge in [-0.2, -0.15) is 24.4 Å². The van der Waals surface area contributed by atoms with E-state index in [0.717, 1.165) is 44.6 Å². The van der Waals surface area contributed by atoms with Crippen molar-refractivity contribution in [2.24, 2.45) is 22.3 Å². The van der Waals surface area contributed by atoms with Crippen molar-refractivity contribution in [2.75, 3.05) is 36.9 Å². The van der Waals surface area contributed by atoms with Gasteiger partial charge in [0.05, 0.1) is 19.0 Å². The Labute approximate surface area is 415 Å². The quantitative estimate of drug-likeness (QED) is 0.0272. The molecule has 2 fully saturated rings. The van der Waals surface area contributed by atoms with Crippen molar-refractivity contribution >= 4 is 77.4 Å². The van der Waals surface area contributed by atoms with Crippen molar-refractivity contribution in [1.29, 1.82) is 5.41 Å². The highest BCUT2D eigenvalue weighted by atomic mass is 32.2. The van der Waals surface area contributed by atoms with E-state index in [9.17, 15) is 53.7 Å². The van der Waals surface area contributed by atoms with Crippen LogP contribution in [0.2, 0.25) is 0 Å². The minimum Gasteiger partial charge on any atom is -0.480 e. The second-order valence-corrected chi connectivity index (χ2v) is 20.9. The number of hydrogen-bond acceptors (Lipinski definition) is 14. The number of allylic oxidation sites excluding steroid dienone is 5. The van der Waals surface area contributed by atoms with E-state index in [1.807, 2.05) is 27.7 Å². The first-order chi connectivity index (χ1) is 32.8. The number of amides is 5. The minimum absolute atomic E-state index is 0.0210. The molecule has 0 heterocycles. The number of hydrogen-bond donors (Lipinski definition) is 13. The number of carboxylic acid groups (broad SMARTS) is 1.